The molecule has 22 heavy (non-hydrogen) atoms. The first-order valence-corrected chi connectivity index (χ1v) is 7.12. The monoisotopic (exact) mass is 302 g/mol. The van der Waals surface area contributed by atoms with Crippen LogP contribution in [0.1, 0.15) is 40.5 Å². The highest BCUT2D eigenvalue weighted by Crippen LogP contribution is 2.22. The molecule has 0 saturated heterocycles. The van der Waals surface area contributed by atoms with Gasteiger partial charge in [-0.15, -0.1) is 0 Å². The fourth-order valence-electron chi connectivity index (χ4n) is 2.12. The number of hydrogen-bond acceptors (Lipinski definition) is 5. The normalized spacial score (nSPS) is 14.2. The van der Waals surface area contributed by atoms with Crippen molar-refractivity contribution in [3.8, 4) is 0 Å². The van der Waals surface area contributed by atoms with Gasteiger partial charge < -0.3 is 10.5 Å². The van der Waals surface area contributed by atoms with Crippen LogP contribution in [0.2, 0.25) is 0 Å². The molecule has 2 N–H and O–H groups in total. The highest BCUT2D eigenvalue weighted by atomic mass is 16.5. The molecule has 0 radical (unpaired) electrons. The number of carbonyl (C=O) groups excluding carboxylic acids is 3. The summed E-state index contributed by atoms with van der Waals surface area (Å²) in [7, 11) is 0. The van der Waals surface area contributed by atoms with Crippen LogP contribution < -0.4 is 5.73 Å². The molecule has 0 spiro atoms. The lowest BCUT2D eigenvalue weighted by Crippen LogP contribution is -2.33. The van der Waals surface area contributed by atoms with Gasteiger partial charge in [0.2, 0.25) is 0 Å². The van der Waals surface area contributed by atoms with Gasteiger partial charge in [0.05, 0.1) is 24.3 Å². The first-order chi connectivity index (χ1) is 10.5. The predicted molar refractivity (Wildman–Crippen MR) is 79.9 cm³/mol. The molecule has 1 aromatic rings. The van der Waals surface area contributed by atoms with Gasteiger partial charge in [-0.25, -0.2) is 4.79 Å². The molecule has 0 fully saturated rings. The molecule has 6 heteroatoms. The Bertz CT molecular complexity index is 602. The fraction of sp³-hybridized carbons (Fsp3) is 0.312. The Morgan fingerprint density at radius 3 is 2.36 bits per heavy atom. The topological polar surface area (TPSA) is 89.7 Å². The van der Waals surface area contributed by atoms with Gasteiger partial charge in [-0.3, -0.25) is 14.5 Å². The van der Waals surface area contributed by atoms with E-state index in [0.29, 0.717) is 17.7 Å². The number of unbranched alkanes of at least 4 members (excludes halogenated alkanes) is 1. The molecule has 1 heterocycles. The summed E-state index contributed by atoms with van der Waals surface area (Å²) in [6, 6.07) is 6.57. The third-order valence-corrected chi connectivity index (χ3v) is 3.26. The van der Waals surface area contributed by atoms with Gasteiger partial charge in [0.25, 0.3) is 11.8 Å². The Balaban J connectivity index is 2.01. The number of hydrogen-bond donors (Lipinski definition) is 1. The maximum Gasteiger partial charge on any atom is 0.332 e. The number of nitrogens with zero attached hydrogens (tertiary/aromatic N) is 1. The summed E-state index contributed by atoms with van der Waals surface area (Å²) < 4.78 is 4.95. The number of esters is 1. The van der Waals surface area contributed by atoms with E-state index < -0.39 is 17.8 Å². The smallest absolute Gasteiger partial charge is 0.332 e. The lowest BCUT2D eigenvalue weighted by molar-refractivity contribution is -0.137. The van der Waals surface area contributed by atoms with Crippen molar-refractivity contribution in [3.63, 3.8) is 0 Å². The van der Waals surface area contributed by atoms with Crippen molar-refractivity contribution in [2.75, 3.05) is 13.2 Å². The average molecular weight is 302 g/mol. The van der Waals surface area contributed by atoms with Gasteiger partial charge in [-0.1, -0.05) is 25.5 Å². The van der Waals surface area contributed by atoms with Crippen molar-refractivity contribution >= 4 is 17.8 Å². The Morgan fingerprint density at radius 2 is 1.82 bits per heavy atom. The molecular weight excluding hydrogens is 284 g/mol. The van der Waals surface area contributed by atoms with E-state index in [1.807, 2.05) is 6.92 Å². The van der Waals surface area contributed by atoms with Gasteiger partial charge in [-0.05, 0) is 18.6 Å². The Morgan fingerprint density at radius 1 is 1.23 bits per heavy atom. The van der Waals surface area contributed by atoms with Crippen molar-refractivity contribution < 1.29 is 19.1 Å². The lowest BCUT2D eigenvalue weighted by Gasteiger charge is -2.13. The number of amides is 2. The number of fused-ring (bicyclic) bond motifs is 1. The number of ether oxygens (including phenoxy) is 1. The van der Waals surface area contributed by atoms with Crippen LogP contribution in [0.4, 0.5) is 0 Å². The van der Waals surface area contributed by atoms with E-state index >= 15 is 0 Å². The zero-order valence-electron chi connectivity index (χ0n) is 12.4. The van der Waals surface area contributed by atoms with E-state index in [0.717, 1.165) is 23.8 Å². The second-order valence-electron chi connectivity index (χ2n) is 4.98. The molecule has 1 aliphatic heterocycles. The Labute approximate surface area is 128 Å². The minimum absolute atomic E-state index is 0.107. The molecule has 0 aromatic heterocycles. The number of carbonyl (C=O) groups is 3. The predicted octanol–water partition coefficient (Wildman–Crippen LogP) is 1.47. The molecule has 0 aliphatic carbocycles. The van der Waals surface area contributed by atoms with Gasteiger partial charge >= 0.3 is 5.97 Å². The molecular formula is C16H18N2O4. The van der Waals surface area contributed by atoms with Crippen molar-refractivity contribution in [2.45, 2.75) is 19.8 Å². The Kier molecular flexibility index (Phi) is 4.93. The second-order valence-corrected chi connectivity index (χ2v) is 4.98. The molecule has 0 bridgehead atoms. The summed E-state index contributed by atoms with van der Waals surface area (Å²) in [5.74, 6) is -1.38. The number of benzene rings is 1. The zero-order valence-corrected chi connectivity index (χ0v) is 12.4. The van der Waals surface area contributed by atoms with E-state index in [-0.39, 0.29) is 12.2 Å². The van der Waals surface area contributed by atoms with Crippen molar-refractivity contribution in [2.24, 2.45) is 5.73 Å². The first-order valence-electron chi connectivity index (χ1n) is 7.12. The molecule has 0 unspecified atom stereocenters. The molecule has 2 rings (SSSR count). The van der Waals surface area contributed by atoms with Crippen molar-refractivity contribution in [3.05, 3.63) is 47.2 Å². The van der Waals surface area contributed by atoms with Crippen LogP contribution in [0, 0.1) is 0 Å². The SMILES string of the molecule is CCCCOC(=O)/C=C(\N)CN1C(=O)c2ccccc2C1=O. The summed E-state index contributed by atoms with van der Waals surface area (Å²) in [5.41, 5.74) is 6.54. The van der Waals surface area contributed by atoms with Crippen molar-refractivity contribution in [1.29, 1.82) is 0 Å². The minimum atomic E-state index is -0.567. The van der Waals surface area contributed by atoms with Gasteiger partial charge in [-0.2, -0.15) is 0 Å². The first kappa shape index (κ1) is 15.8. The summed E-state index contributed by atoms with van der Waals surface area (Å²) in [5, 5.41) is 0. The summed E-state index contributed by atoms with van der Waals surface area (Å²) in [6.45, 7) is 2.18. The van der Waals surface area contributed by atoms with Crippen molar-refractivity contribution in [1.82, 2.24) is 4.90 Å². The molecule has 6 nitrogen and oxygen atoms in total. The van der Waals surface area contributed by atoms with Gasteiger partial charge in [0.15, 0.2) is 0 Å². The minimum Gasteiger partial charge on any atom is -0.462 e. The molecule has 116 valence electrons. The number of rotatable bonds is 6. The van der Waals surface area contributed by atoms with Gasteiger partial charge in [0, 0.05) is 11.8 Å². The number of nitrogens with two attached hydrogens (primary N) is 1. The van der Waals surface area contributed by atoms with Crippen LogP contribution in [0.3, 0.4) is 0 Å². The molecule has 0 atom stereocenters. The quantitative estimate of drug-likeness (QED) is 0.372. The van der Waals surface area contributed by atoms with E-state index in [9.17, 15) is 14.4 Å². The highest BCUT2D eigenvalue weighted by Gasteiger charge is 2.35. The lowest BCUT2D eigenvalue weighted by atomic mass is 10.1. The zero-order chi connectivity index (χ0) is 16.1. The van der Waals surface area contributed by atoms with Crippen LogP contribution >= 0.6 is 0 Å². The third kappa shape index (κ3) is 3.33. The van der Waals surface area contributed by atoms with Crippen LogP contribution in [0.5, 0.6) is 0 Å². The van der Waals surface area contributed by atoms with E-state index in [1.165, 1.54) is 0 Å². The van der Waals surface area contributed by atoms with E-state index in [1.54, 1.807) is 24.3 Å². The summed E-state index contributed by atoms with van der Waals surface area (Å²) >= 11 is 0. The Hall–Kier alpha value is -2.63. The van der Waals surface area contributed by atoms with Crippen LogP contribution in [0.25, 0.3) is 0 Å². The van der Waals surface area contributed by atoms with E-state index in [2.05, 4.69) is 0 Å². The second kappa shape index (κ2) is 6.89. The highest BCUT2D eigenvalue weighted by molar-refractivity contribution is 6.21. The standard InChI is InChI=1S/C16H18N2O4/c1-2-3-8-22-14(19)9-11(17)10-18-15(20)12-6-4-5-7-13(12)16(18)21/h4-7,9H,2-3,8,10,17H2,1H3/b11-9-. The van der Waals surface area contributed by atoms with Crippen LogP contribution in [0.15, 0.2) is 36.0 Å². The fourth-order valence-corrected chi connectivity index (χ4v) is 2.12. The summed E-state index contributed by atoms with van der Waals surface area (Å²) in [4.78, 5) is 36.8. The average Bonchev–Trinajstić information content (AvgIpc) is 2.73. The third-order valence-electron chi connectivity index (χ3n) is 3.26. The van der Waals surface area contributed by atoms with E-state index in [4.69, 9.17) is 10.5 Å². The largest absolute Gasteiger partial charge is 0.462 e. The summed E-state index contributed by atoms with van der Waals surface area (Å²) in [6.07, 6.45) is 2.80. The maximum atomic E-state index is 12.1. The van der Waals surface area contributed by atoms with Crippen LogP contribution in [-0.4, -0.2) is 35.8 Å². The maximum absolute atomic E-state index is 12.1. The molecule has 2 amide bonds. The molecule has 0 saturated carbocycles. The molecule has 1 aromatic carbocycles. The molecule has 1 aliphatic rings. The van der Waals surface area contributed by atoms with Gasteiger partial charge in [0.1, 0.15) is 0 Å². The number of imide groups is 1. The van der Waals surface area contributed by atoms with Crippen LogP contribution in [-0.2, 0) is 9.53 Å².